The summed E-state index contributed by atoms with van der Waals surface area (Å²) >= 11 is 0. The van der Waals surface area contributed by atoms with Gasteiger partial charge >= 0.3 is 0 Å². The van der Waals surface area contributed by atoms with Crippen LogP contribution < -0.4 is 0 Å². The molecule has 1 N–H and O–H groups in total. The first kappa shape index (κ1) is 10.8. The minimum Gasteiger partial charge on any atom is -0.388 e. The Morgan fingerprint density at radius 2 is 1.76 bits per heavy atom. The van der Waals surface area contributed by atoms with Gasteiger partial charge in [0.1, 0.15) is 0 Å². The van der Waals surface area contributed by atoms with E-state index < -0.39 is 11.0 Å². The SMILES string of the molecule is CC1CC(O)(C2(C#N)Cc3ccccc3C2)C1. The van der Waals surface area contributed by atoms with E-state index in [1.165, 1.54) is 11.1 Å². The van der Waals surface area contributed by atoms with E-state index in [1.54, 1.807) is 0 Å². The summed E-state index contributed by atoms with van der Waals surface area (Å²) in [6.45, 7) is 2.14. The number of hydrogen-bond donors (Lipinski definition) is 1. The van der Waals surface area contributed by atoms with Crippen molar-refractivity contribution in [2.75, 3.05) is 0 Å². The molecule has 1 fully saturated rings. The standard InChI is InChI=1S/C15H17NO/c1-11-6-15(17,7-11)14(10-16)8-12-4-2-3-5-13(12)9-14/h2-5,11,17H,6-9H2,1H3. The summed E-state index contributed by atoms with van der Waals surface area (Å²) in [5.41, 5.74) is 1.13. The lowest BCUT2D eigenvalue weighted by atomic mass is 9.57. The van der Waals surface area contributed by atoms with Crippen LogP contribution >= 0.6 is 0 Å². The topological polar surface area (TPSA) is 44.0 Å². The lowest BCUT2D eigenvalue weighted by Gasteiger charge is -2.50. The van der Waals surface area contributed by atoms with Crippen LogP contribution in [0.4, 0.5) is 0 Å². The van der Waals surface area contributed by atoms with E-state index in [-0.39, 0.29) is 0 Å². The van der Waals surface area contributed by atoms with E-state index in [0.29, 0.717) is 18.8 Å². The van der Waals surface area contributed by atoms with Gasteiger partial charge in [0.05, 0.1) is 17.1 Å². The summed E-state index contributed by atoms with van der Waals surface area (Å²) in [4.78, 5) is 0. The molecule has 0 atom stereocenters. The maximum absolute atomic E-state index is 10.7. The first-order valence-corrected chi connectivity index (χ1v) is 6.29. The highest BCUT2D eigenvalue weighted by Crippen LogP contribution is 2.54. The third-order valence-corrected chi connectivity index (χ3v) is 4.58. The van der Waals surface area contributed by atoms with Gasteiger partial charge in [-0.1, -0.05) is 31.2 Å². The van der Waals surface area contributed by atoms with Crippen molar-refractivity contribution in [1.82, 2.24) is 0 Å². The van der Waals surface area contributed by atoms with Crippen molar-refractivity contribution in [1.29, 1.82) is 5.26 Å². The van der Waals surface area contributed by atoms with E-state index in [1.807, 2.05) is 12.1 Å². The van der Waals surface area contributed by atoms with Crippen LogP contribution in [0.5, 0.6) is 0 Å². The summed E-state index contributed by atoms with van der Waals surface area (Å²) in [6.07, 6.45) is 2.97. The number of aliphatic hydroxyl groups is 1. The molecule has 0 bridgehead atoms. The zero-order valence-electron chi connectivity index (χ0n) is 10.1. The number of benzene rings is 1. The molecule has 0 radical (unpaired) electrons. The molecule has 0 aliphatic heterocycles. The maximum Gasteiger partial charge on any atom is 0.0940 e. The molecule has 88 valence electrons. The lowest BCUT2D eigenvalue weighted by molar-refractivity contribution is -0.138. The minimum atomic E-state index is -0.764. The number of nitriles is 1. The molecule has 2 aliphatic carbocycles. The molecule has 2 heteroatoms. The van der Waals surface area contributed by atoms with Crippen LogP contribution in [-0.2, 0) is 12.8 Å². The van der Waals surface area contributed by atoms with Gasteiger partial charge in [0.15, 0.2) is 0 Å². The predicted molar refractivity (Wildman–Crippen MR) is 65.2 cm³/mol. The second-order valence-corrected chi connectivity index (χ2v) is 5.86. The fourth-order valence-electron chi connectivity index (χ4n) is 3.61. The molecule has 17 heavy (non-hydrogen) atoms. The Morgan fingerprint density at radius 3 is 2.18 bits per heavy atom. The van der Waals surface area contributed by atoms with E-state index in [0.717, 1.165) is 12.8 Å². The Bertz CT molecular complexity index is 469. The van der Waals surface area contributed by atoms with Crippen molar-refractivity contribution >= 4 is 0 Å². The highest BCUT2D eigenvalue weighted by molar-refractivity contribution is 5.40. The van der Waals surface area contributed by atoms with Crippen LogP contribution in [0.2, 0.25) is 0 Å². The van der Waals surface area contributed by atoms with Crippen LogP contribution in [0.3, 0.4) is 0 Å². The van der Waals surface area contributed by atoms with E-state index in [2.05, 4.69) is 25.1 Å². The minimum absolute atomic E-state index is 0.550. The molecule has 0 spiro atoms. The fraction of sp³-hybridized carbons (Fsp3) is 0.533. The number of nitrogens with zero attached hydrogens (tertiary/aromatic N) is 1. The average molecular weight is 227 g/mol. The second-order valence-electron chi connectivity index (χ2n) is 5.86. The molecule has 1 aromatic rings. The highest BCUT2D eigenvalue weighted by atomic mass is 16.3. The zero-order chi connectivity index (χ0) is 12.1. The Hall–Kier alpha value is -1.33. The first-order valence-electron chi connectivity index (χ1n) is 6.29. The number of hydrogen-bond acceptors (Lipinski definition) is 2. The van der Waals surface area contributed by atoms with Gasteiger partial charge in [0.25, 0.3) is 0 Å². The van der Waals surface area contributed by atoms with Crippen LogP contribution in [0.1, 0.15) is 30.9 Å². The molecule has 0 saturated heterocycles. The van der Waals surface area contributed by atoms with Crippen LogP contribution in [0.25, 0.3) is 0 Å². The third-order valence-electron chi connectivity index (χ3n) is 4.58. The first-order chi connectivity index (χ1) is 8.09. The van der Waals surface area contributed by atoms with Crippen LogP contribution in [-0.4, -0.2) is 10.7 Å². The zero-order valence-corrected chi connectivity index (χ0v) is 10.1. The van der Waals surface area contributed by atoms with Crippen molar-refractivity contribution in [3.8, 4) is 6.07 Å². The second kappa shape index (κ2) is 3.34. The van der Waals surface area contributed by atoms with Gasteiger partial charge in [-0.2, -0.15) is 5.26 Å². The molecule has 0 heterocycles. The van der Waals surface area contributed by atoms with Crippen molar-refractivity contribution in [2.24, 2.45) is 11.3 Å². The molecule has 1 saturated carbocycles. The summed E-state index contributed by atoms with van der Waals surface area (Å²) < 4.78 is 0. The summed E-state index contributed by atoms with van der Waals surface area (Å²) in [6, 6.07) is 10.6. The molecule has 0 aromatic heterocycles. The lowest BCUT2D eigenvalue weighted by Crippen LogP contribution is -2.56. The molecule has 2 aliphatic rings. The Morgan fingerprint density at radius 1 is 1.24 bits per heavy atom. The normalized spacial score (nSPS) is 33.6. The molecule has 3 rings (SSSR count). The average Bonchev–Trinajstić information content (AvgIpc) is 2.67. The monoisotopic (exact) mass is 227 g/mol. The molecular formula is C15H17NO. The van der Waals surface area contributed by atoms with E-state index in [4.69, 9.17) is 0 Å². The summed E-state index contributed by atoms with van der Waals surface area (Å²) in [5.74, 6) is 0.550. The van der Waals surface area contributed by atoms with E-state index in [9.17, 15) is 10.4 Å². The Labute approximate surface area is 102 Å². The maximum atomic E-state index is 10.7. The van der Waals surface area contributed by atoms with Crippen molar-refractivity contribution in [2.45, 2.75) is 38.2 Å². The van der Waals surface area contributed by atoms with Gasteiger partial charge < -0.3 is 5.11 Å². The van der Waals surface area contributed by atoms with Crippen LogP contribution in [0.15, 0.2) is 24.3 Å². The van der Waals surface area contributed by atoms with Gasteiger partial charge in [0.2, 0.25) is 0 Å². The fourth-order valence-corrected chi connectivity index (χ4v) is 3.61. The summed E-state index contributed by atoms with van der Waals surface area (Å²) in [5, 5.41) is 20.2. The van der Waals surface area contributed by atoms with Gasteiger partial charge in [-0.15, -0.1) is 0 Å². The van der Waals surface area contributed by atoms with E-state index >= 15 is 0 Å². The smallest absolute Gasteiger partial charge is 0.0940 e. The van der Waals surface area contributed by atoms with Crippen molar-refractivity contribution in [3.63, 3.8) is 0 Å². The number of rotatable bonds is 1. The summed E-state index contributed by atoms with van der Waals surface area (Å²) in [7, 11) is 0. The van der Waals surface area contributed by atoms with Gasteiger partial charge in [-0.3, -0.25) is 0 Å². The molecule has 2 nitrogen and oxygen atoms in total. The Balaban J connectivity index is 1.96. The van der Waals surface area contributed by atoms with Gasteiger partial charge in [0, 0.05) is 0 Å². The van der Waals surface area contributed by atoms with Crippen molar-refractivity contribution < 1.29 is 5.11 Å². The van der Waals surface area contributed by atoms with Crippen molar-refractivity contribution in [3.05, 3.63) is 35.4 Å². The third kappa shape index (κ3) is 1.36. The number of fused-ring (bicyclic) bond motifs is 1. The molecule has 0 amide bonds. The predicted octanol–water partition coefficient (Wildman–Crippen LogP) is 2.46. The van der Waals surface area contributed by atoms with Gasteiger partial charge in [-0.05, 0) is 42.7 Å². The molecule has 1 aromatic carbocycles. The molecular weight excluding hydrogens is 210 g/mol. The van der Waals surface area contributed by atoms with Gasteiger partial charge in [-0.25, -0.2) is 0 Å². The quantitative estimate of drug-likeness (QED) is 0.801. The molecule has 0 unspecified atom stereocenters. The largest absolute Gasteiger partial charge is 0.388 e. The Kier molecular flexibility index (Phi) is 2.12. The van der Waals surface area contributed by atoms with Crippen LogP contribution in [0, 0.1) is 22.7 Å². The highest BCUT2D eigenvalue weighted by Gasteiger charge is 2.58.